The Labute approximate surface area is 153 Å². The van der Waals surface area contributed by atoms with Crippen molar-refractivity contribution in [2.45, 2.75) is 18.9 Å². The van der Waals surface area contributed by atoms with Crippen molar-refractivity contribution in [3.63, 3.8) is 0 Å². The lowest BCUT2D eigenvalue weighted by molar-refractivity contribution is -0.168. The summed E-state index contributed by atoms with van der Waals surface area (Å²) >= 11 is 11.9. The molecule has 8 heteroatoms. The monoisotopic (exact) mass is 377 g/mol. The second kappa shape index (κ2) is 11.5. The molecule has 1 rings (SSSR count). The van der Waals surface area contributed by atoms with E-state index in [-0.39, 0.29) is 12.0 Å². The summed E-state index contributed by atoms with van der Waals surface area (Å²) < 4.78 is 5.43. The molecule has 0 spiro atoms. The number of anilines is 1. The molecule has 1 aromatic carbocycles. The maximum absolute atomic E-state index is 11.6. The Hall–Kier alpha value is -1.05. The van der Waals surface area contributed by atoms with E-state index in [0.717, 1.165) is 18.7 Å². The molecule has 6 nitrogen and oxygen atoms in total. The third-order valence-corrected chi connectivity index (χ3v) is 3.91. The van der Waals surface area contributed by atoms with E-state index in [4.69, 9.17) is 32.8 Å². The number of methoxy groups -OCH3 is 1. The average Bonchev–Trinajstić information content (AvgIpc) is 2.55. The first-order chi connectivity index (χ1) is 11.5. The third-order valence-electron chi connectivity index (χ3n) is 3.47. The number of carbonyl (C=O) groups is 1. The first-order valence-electron chi connectivity index (χ1n) is 7.70. The molecule has 1 aromatic rings. The molecule has 136 valence electrons. The zero-order valence-corrected chi connectivity index (χ0v) is 15.8. The molecule has 0 saturated carbocycles. The highest BCUT2D eigenvalue weighted by Gasteiger charge is 2.09. The standard InChI is InChI=1S/C16H25Cl2N3O3/c1-21(24-3)16(22)5-4-6-19-10-15(23-2)11-20-14-8-12(17)7-13(18)9-14/h7-9,15,19-20H,4-6,10-11H2,1-3H3. The normalized spacial score (nSPS) is 12.0. The smallest absolute Gasteiger partial charge is 0.245 e. The maximum Gasteiger partial charge on any atom is 0.245 e. The topological polar surface area (TPSA) is 62.8 Å². The molecule has 0 saturated heterocycles. The summed E-state index contributed by atoms with van der Waals surface area (Å²) in [6, 6.07) is 5.31. The van der Waals surface area contributed by atoms with Crippen molar-refractivity contribution in [1.82, 2.24) is 10.4 Å². The van der Waals surface area contributed by atoms with Gasteiger partial charge in [-0.25, -0.2) is 5.06 Å². The largest absolute Gasteiger partial charge is 0.382 e. The average molecular weight is 378 g/mol. The molecule has 24 heavy (non-hydrogen) atoms. The van der Waals surface area contributed by atoms with Crippen LogP contribution >= 0.6 is 23.2 Å². The van der Waals surface area contributed by atoms with Crippen molar-refractivity contribution in [1.29, 1.82) is 0 Å². The van der Waals surface area contributed by atoms with Crippen molar-refractivity contribution in [3.05, 3.63) is 28.2 Å². The zero-order valence-electron chi connectivity index (χ0n) is 14.3. The van der Waals surface area contributed by atoms with Gasteiger partial charge >= 0.3 is 0 Å². The first kappa shape index (κ1) is 21.0. The van der Waals surface area contributed by atoms with Gasteiger partial charge in [0, 0.05) is 49.4 Å². The van der Waals surface area contributed by atoms with E-state index in [1.165, 1.54) is 12.2 Å². The van der Waals surface area contributed by atoms with Crippen LogP contribution in [0.2, 0.25) is 10.0 Å². The van der Waals surface area contributed by atoms with Crippen LogP contribution in [-0.2, 0) is 14.4 Å². The van der Waals surface area contributed by atoms with E-state index in [9.17, 15) is 4.79 Å². The number of nitrogens with zero attached hydrogens (tertiary/aromatic N) is 1. The number of hydroxylamine groups is 2. The van der Waals surface area contributed by atoms with Gasteiger partial charge in [-0.05, 0) is 31.2 Å². The number of ether oxygens (including phenoxy) is 1. The van der Waals surface area contributed by atoms with Gasteiger partial charge in [0.05, 0.1) is 13.2 Å². The molecule has 0 heterocycles. The number of hydrogen-bond acceptors (Lipinski definition) is 5. The summed E-state index contributed by atoms with van der Waals surface area (Å²) in [5, 5.41) is 8.93. The van der Waals surface area contributed by atoms with Crippen LogP contribution in [-0.4, -0.2) is 58.0 Å². The predicted molar refractivity (Wildman–Crippen MR) is 97.6 cm³/mol. The van der Waals surface area contributed by atoms with Gasteiger partial charge in [0.2, 0.25) is 5.91 Å². The molecular formula is C16H25Cl2N3O3. The van der Waals surface area contributed by atoms with Crippen molar-refractivity contribution in [2.24, 2.45) is 0 Å². The predicted octanol–water partition coefficient (Wildman–Crippen LogP) is 2.81. The van der Waals surface area contributed by atoms with Crippen LogP contribution in [0.1, 0.15) is 12.8 Å². The summed E-state index contributed by atoms with van der Waals surface area (Å²) in [4.78, 5) is 16.4. The van der Waals surface area contributed by atoms with E-state index in [0.29, 0.717) is 29.6 Å². The molecule has 0 fully saturated rings. The number of halogens is 2. The number of carbonyl (C=O) groups excluding carboxylic acids is 1. The Kier molecular flexibility index (Phi) is 10.1. The lowest BCUT2D eigenvalue weighted by atomic mass is 10.2. The molecular weight excluding hydrogens is 353 g/mol. The summed E-state index contributed by atoms with van der Waals surface area (Å²) in [7, 11) is 4.74. The molecule has 1 atom stereocenters. The number of amides is 1. The van der Waals surface area contributed by atoms with E-state index in [2.05, 4.69) is 10.6 Å². The van der Waals surface area contributed by atoms with Crippen molar-refractivity contribution in [2.75, 3.05) is 46.2 Å². The molecule has 0 aliphatic heterocycles. The maximum atomic E-state index is 11.6. The zero-order chi connectivity index (χ0) is 17.9. The number of rotatable bonds is 11. The second-order valence-corrected chi connectivity index (χ2v) is 6.15. The molecule has 0 radical (unpaired) electrons. The van der Waals surface area contributed by atoms with Gasteiger partial charge in [-0.15, -0.1) is 0 Å². The van der Waals surface area contributed by atoms with E-state index >= 15 is 0 Å². The highest BCUT2D eigenvalue weighted by molar-refractivity contribution is 6.35. The van der Waals surface area contributed by atoms with Gasteiger partial charge in [0.25, 0.3) is 0 Å². The SMILES string of the molecule is COC(CNCCCC(=O)N(C)OC)CNc1cc(Cl)cc(Cl)c1. The van der Waals surface area contributed by atoms with Gasteiger partial charge in [-0.1, -0.05) is 23.2 Å². The Morgan fingerprint density at radius 2 is 1.88 bits per heavy atom. The van der Waals surface area contributed by atoms with Crippen LogP contribution in [0.4, 0.5) is 5.69 Å². The minimum atomic E-state index is -0.0397. The van der Waals surface area contributed by atoms with Crippen LogP contribution in [0.3, 0.4) is 0 Å². The highest BCUT2D eigenvalue weighted by atomic mass is 35.5. The number of benzene rings is 1. The van der Waals surface area contributed by atoms with Gasteiger partial charge in [-0.2, -0.15) is 0 Å². The Balaban J connectivity index is 2.24. The lowest BCUT2D eigenvalue weighted by Crippen LogP contribution is -2.34. The minimum Gasteiger partial charge on any atom is -0.382 e. The van der Waals surface area contributed by atoms with Crippen LogP contribution in [0.5, 0.6) is 0 Å². The van der Waals surface area contributed by atoms with Gasteiger partial charge in [0.15, 0.2) is 0 Å². The lowest BCUT2D eigenvalue weighted by Gasteiger charge is -2.18. The van der Waals surface area contributed by atoms with Gasteiger partial charge < -0.3 is 15.4 Å². The molecule has 0 aromatic heterocycles. The molecule has 1 amide bonds. The van der Waals surface area contributed by atoms with Gasteiger partial charge in [0.1, 0.15) is 0 Å². The molecule has 0 aliphatic carbocycles. The first-order valence-corrected chi connectivity index (χ1v) is 8.46. The fraction of sp³-hybridized carbons (Fsp3) is 0.562. The van der Waals surface area contributed by atoms with Gasteiger partial charge in [-0.3, -0.25) is 9.63 Å². The summed E-state index contributed by atoms with van der Waals surface area (Å²) in [6.07, 6.45) is 1.16. The number of nitrogens with one attached hydrogen (secondary N) is 2. The van der Waals surface area contributed by atoms with E-state index in [1.807, 2.05) is 12.1 Å². The van der Waals surface area contributed by atoms with Crippen molar-refractivity contribution in [3.8, 4) is 0 Å². The number of hydrogen-bond donors (Lipinski definition) is 2. The highest BCUT2D eigenvalue weighted by Crippen LogP contribution is 2.22. The minimum absolute atomic E-state index is 0.0138. The molecule has 2 N–H and O–H groups in total. The van der Waals surface area contributed by atoms with Crippen LogP contribution in [0.25, 0.3) is 0 Å². The van der Waals surface area contributed by atoms with Crippen LogP contribution in [0.15, 0.2) is 18.2 Å². The Morgan fingerprint density at radius 3 is 2.46 bits per heavy atom. The fourth-order valence-electron chi connectivity index (χ4n) is 2.01. The molecule has 0 bridgehead atoms. The Bertz CT molecular complexity index is 497. The van der Waals surface area contributed by atoms with E-state index in [1.54, 1.807) is 20.2 Å². The fourth-order valence-corrected chi connectivity index (χ4v) is 2.54. The summed E-state index contributed by atoms with van der Waals surface area (Å²) in [6.45, 7) is 2.02. The molecule has 0 aliphatic rings. The summed E-state index contributed by atoms with van der Waals surface area (Å²) in [5.41, 5.74) is 0.850. The second-order valence-electron chi connectivity index (χ2n) is 5.28. The van der Waals surface area contributed by atoms with Crippen LogP contribution < -0.4 is 10.6 Å². The third kappa shape index (κ3) is 8.17. The van der Waals surface area contributed by atoms with Crippen molar-refractivity contribution >= 4 is 34.8 Å². The summed E-state index contributed by atoms with van der Waals surface area (Å²) in [5.74, 6) is -0.0397. The van der Waals surface area contributed by atoms with Crippen molar-refractivity contribution < 1.29 is 14.4 Å². The quantitative estimate of drug-likeness (QED) is 0.458. The molecule has 1 unspecified atom stereocenters. The Morgan fingerprint density at radius 1 is 1.21 bits per heavy atom. The van der Waals surface area contributed by atoms with Crippen LogP contribution in [0, 0.1) is 0 Å². The van der Waals surface area contributed by atoms with E-state index < -0.39 is 0 Å².